The number of aromatic nitrogens is 3. The van der Waals surface area contributed by atoms with Crippen molar-refractivity contribution in [2.24, 2.45) is 0 Å². The van der Waals surface area contributed by atoms with Crippen molar-refractivity contribution >= 4 is 23.2 Å². The second kappa shape index (κ2) is 4.23. The van der Waals surface area contributed by atoms with Gasteiger partial charge in [-0.2, -0.15) is 9.78 Å². The van der Waals surface area contributed by atoms with Crippen molar-refractivity contribution in [3.05, 3.63) is 50.5 Å². The van der Waals surface area contributed by atoms with Gasteiger partial charge in [0, 0.05) is 6.20 Å². The molecule has 2 aromatic rings. The molecule has 0 saturated heterocycles. The molecule has 0 N–H and O–H groups in total. The third-order valence-corrected chi connectivity index (χ3v) is 2.81. The second-order valence-electron chi connectivity index (χ2n) is 3.17. The summed E-state index contributed by atoms with van der Waals surface area (Å²) in [5.41, 5.74) is 0.353. The van der Waals surface area contributed by atoms with Gasteiger partial charge < -0.3 is 0 Å². The van der Waals surface area contributed by atoms with Crippen LogP contribution in [0.15, 0.2) is 29.3 Å². The maximum atomic E-state index is 11.8. The summed E-state index contributed by atoms with van der Waals surface area (Å²) in [6.07, 6.45) is 2.90. The van der Waals surface area contributed by atoms with Crippen LogP contribution >= 0.6 is 23.2 Å². The van der Waals surface area contributed by atoms with Gasteiger partial charge in [0.25, 0.3) is 5.56 Å². The lowest BCUT2D eigenvalue weighted by Crippen LogP contribution is -2.23. The molecule has 4 nitrogen and oxygen atoms in total. The van der Waals surface area contributed by atoms with Crippen LogP contribution < -0.4 is 5.56 Å². The van der Waals surface area contributed by atoms with E-state index in [1.807, 2.05) is 13.0 Å². The molecule has 2 aromatic heterocycles. The predicted octanol–water partition coefficient (Wildman–Crippen LogP) is 2.24. The van der Waals surface area contributed by atoms with Crippen molar-refractivity contribution in [2.75, 3.05) is 0 Å². The van der Waals surface area contributed by atoms with Crippen LogP contribution in [0.2, 0.25) is 10.0 Å². The van der Waals surface area contributed by atoms with Crippen LogP contribution in [0.3, 0.4) is 0 Å². The lowest BCUT2D eigenvalue weighted by Gasteiger charge is -2.06. The van der Waals surface area contributed by atoms with Crippen molar-refractivity contribution in [3.63, 3.8) is 0 Å². The van der Waals surface area contributed by atoms with Crippen molar-refractivity contribution in [2.45, 2.75) is 6.92 Å². The van der Waals surface area contributed by atoms with Gasteiger partial charge in [-0.3, -0.25) is 4.79 Å². The first-order valence-electron chi connectivity index (χ1n) is 4.46. The Labute approximate surface area is 101 Å². The highest BCUT2D eigenvalue weighted by atomic mass is 35.5. The Morgan fingerprint density at radius 1 is 1.38 bits per heavy atom. The van der Waals surface area contributed by atoms with E-state index in [9.17, 15) is 4.79 Å². The molecule has 0 aliphatic heterocycles. The molecule has 0 amide bonds. The molecule has 0 fully saturated rings. The molecule has 0 aliphatic rings. The zero-order valence-corrected chi connectivity index (χ0v) is 9.83. The molecule has 2 heterocycles. The molecule has 0 unspecified atom stereocenters. The van der Waals surface area contributed by atoms with Crippen LogP contribution in [0.1, 0.15) is 5.56 Å². The van der Waals surface area contributed by atoms with E-state index in [1.54, 1.807) is 12.3 Å². The highest BCUT2D eigenvalue weighted by molar-refractivity contribution is 6.41. The Morgan fingerprint density at radius 2 is 2.12 bits per heavy atom. The number of aryl methyl sites for hydroxylation is 1. The Morgan fingerprint density at radius 3 is 2.81 bits per heavy atom. The van der Waals surface area contributed by atoms with Crippen LogP contribution in [-0.4, -0.2) is 14.8 Å². The van der Waals surface area contributed by atoms with Gasteiger partial charge in [0.05, 0.1) is 11.2 Å². The van der Waals surface area contributed by atoms with Crippen molar-refractivity contribution in [1.29, 1.82) is 0 Å². The minimum atomic E-state index is -0.476. The first-order chi connectivity index (χ1) is 7.61. The average Bonchev–Trinajstić information content (AvgIpc) is 2.28. The Kier molecular flexibility index (Phi) is 2.94. The summed E-state index contributed by atoms with van der Waals surface area (Å²) in [6.45, 7) is 1.83. The molecule has 16 heavy (non-hydrogen) atoms. The first kappa shape index (κ1) is 11.1. The van der Waals surface area contributed by atoms with E-state index >= 15 is 0 Å². The van der Waals surface area contributed by atoms with Crippen LogP contribution in [0.5, 0.6) is 0 Å². The maximum Gasteiger partial charge on any atom is 0.293 e. The van der Waals surface area contributed by atoms with Gasteiger partial charge >= 0.3 is 0 Å². The maximum absolute atomic E-state index is 11.8. The number of hydrogen-bond donors (Lipinski definition) is 0. The van der Waals surface area contributed by atoms with Crippen molar-refractivity contribution in [3.8, 4) is 5.82 Å². The van der Waals surface area contributed by atoms with Gasteiger partial charge in [-0.1, -0.05) is 29.3 Å². The molecule has 0 bridgehead atoms. The minimum Gasteiger partial charge on any atom is -0.266 e. The summed E-state index contributed by atoms with van der Waals surface area (Å²) in [6, 6.07) is 3.61. The topological polar surface area (TPSA) is 47.8 Å². The van der Waals surface area contributed by atoms with E-state index in [2.05, 4.69) is 10.1 Å². The fourth-order valence-electron chi connectivity index (χ4n) is 1.26. The van der Waals surface area contributed by atoms with Gasteiger partial charge in [-0.05, 0) is 18.6 Å². The number of nitrogens with zero attached hydrogens (tertiary/aromatic N) is 3. The Balaban J connectivity index is 2.72. The molecule has 0 radical (unpaired) electrons. The Hall–Kier alpha value is -1.39. The van der Waals surface area contributed by atoms with E-state index in [0.29, 0.717) is 5.82 Å². The van der Waals surface area contributed by atoms with E-state index in [1.165, 1.54) is 6.20 Å². The average molecular weight is 256 g/mol. The fourth-order valence-corrected chi connectivity index (χ4v) is 1.52. The fraction of sp³-hybridized carbons (Fsp3) is 0.100. The minimum absolute atomic E-state index is 0.0540. The summed E-state index contributed by atoms with van der Waals surface area (Å²) in [5.74, 6) is 0.450. The Bertz CT molecular complexity index is 595. The first-order valence-corrected chi connectivity index (χ1v) is 5.22. The predicted molar refractivity (Wildman–Crippen MR) is 62.4 cm³/mol. The highest BCUT2D eigenvalue weighted by Crippen LogP contribution is 2.16. The number of pyridine rings is 1. The molecular formula is C10H7Cl2N3O. The van der Waals surface area contributed by atoms with Gasteiger partial charge in [0.1, 0.15) is 5.02 Å². The number of rotatable bonds is 1. The zero-order valence-electron chi connectivity index (χ0n) is 8.32. The van der Waals surface area contributed by atoms with Gasteiger partial charge in [-0.25, -0.2) is 4.98 Å². The number of hydrogen-bond acceptors (Lipinski definition) is 3. The third-order valence-electron chi connectivity index (χ3n) is 2.06. The summed E-state index contributed by atoms with van der Waals surface area (Å²) < 4.78 is 1.13. The van der Waals surface area contributed by atoms with Gasteiger partial charge in [0.15, 0.2) is 5.82 Å². The third kappa shape index (κ3) is 1.81. The summed E-state index contributed by atoms with van der Waals surface area (Å²) >= 11 is 11.4. The van der Waals surface area contributed by atoms with Crippen molar-refractivity contribution < 1.29 is 0 Å². The second-order valence-corrected chi connectivity index (χ2v) is 3.95. The normalized spacial score (nSPS) is 10.4. The van der Waals surface area contributed by atoms with Crippen LogP contribution in [0, 0.1) is 6.92 Å². The molecular weight excluding hydrogens is 249 g/mol. The van der Waals surface area contributed by atoms with Crippen LogP contribution in [0.4, 0.5) is 0 Å². The summed E-state index contributed by atoms with van der Waals surface area (Å²) in [5, 5.41) is 3.98. The quantitative estimate of drug-likeness (QED) is 0.786. The lowest BCUT2D eigenvalue weighted by molar-refractivity contribution is 0.775. The molecule has 0 aliphatic carbocycles. The molecule has 0 saturated carbocycles. The smallest absolute Gasteiger partial charge is 0.266 e. The zero-order chi connectivity index (χ0) is 11.7. The lowest BCUT2D eigenvalue weighted by atomic mass is 10.3. The molecule has 0 atom stereocenters. The van der Waals surface area contributed by atoms with Crippen LogP contribution in [-0.2, 0) is 0 Å². The standard InChI is InChI=1S/C10H7Cl2N3O/c1-6-3-2-4-13-9(6)15-10(16)8(12)7(11)5-14-15/h2-5H,1H3. The van der Waals surface area contributed by atoms with Crippen molar-refractivity contribution in [1.82, 2.24) is 14.8 Å². The molecule has 82 valence electrons. The van der Waals surface area contributed by atoms with E-state index in [-0.39, 0.29) is 10.0 Å². The molecule has 2 rings (SSSR count). The molecule has 0 aromatic carbocycles. The SMILES string of the molecule is Cc1cccnc1-n1ncc(Cl)c(Cl)c1=O. The van der Waals surface area contributed by atoms with E-state index in [0.717, 1.165) is 10.2 Å². The van der Waals surface area contributed by atoms with Crippen LogP contribution in [0.25, 0.3) is 5.82 Å². The van der Waals surface area contributed by atoms with Gasteiger partial charge in [-0.15, -0.1) is 0 Å². The highest BCUT2D eigenvalue weighted by Gasteiger charge is 2.10. The largest absolute Gasteiger partial charge is 0.293 e. The summed E-state index contributed by atoms with van der Waals surface area (Å²) in [4.78, 5) is 15.9. The monoisotopic (exact) mass is 255 g/mol. The van der Waals surface area contributed by atoms with E-state index in [4.69, 9.17) is 23.2 Å². The van der Waals surface area contributed by atoms with E-state index < -0.39 is 5.56 Å². The molecule has 0 spiro atoms. The summed E-state index contributed by atoms with van der Waals surface area (Å²) in [7, 11) is 0. The number of halogens is 2. The van der Waals surface area contributed by atoms with Gasteiger partial charge in [0.2, 0.25) is 0 Å². The molecule has 6 heteroatoms.